The Hall–Kier alpha value is -1.76. The van der Waals surface area contributed by atoms with Crippen molar-refractivity contribution in [2.45, 2.75) is 12.5 Å². The fraction of sp³-hybridized carbons (Fsp3) is 0.417. The lowest BCUT2D eigenvalue weighted by atomic mass is 10.2. The molecule has 1 aromatic rings. The van der Waals surface area contributed by atoms with Gasteiger partial charge in [-0.1, -0.05) is 0 Å². The molecule has 1 atom stereocenters. The highest BCUT2D eigenvalue weighted by molar-refractivity contribution is 7.91. The number of nitrogens with one attached hydrogen (secondary N) is 2. The molecule has 0 spiro atoms. The van der Waals surface area contributed by atoms with E-state index in [1.165, 1.54) is 12.1 Å². The van der Waals surface area contributed by atoms with Gasteiger partial charge in [0.05, 0.1) is 18.1 Å². The Morgan fingerprint density at radius 3 is 2.58 bits per heavy atom. The number of sulfone groups is 1. The number of benzene rings is 1. The molecule has 0 aromatic heterocycles. The van der Waals surface area contributed by atoms with Crippen LogP contribution in [0.1, 0.15) is 6.42 Å². The lowest BCUT2D eigenvalue weighted by Crippen LogP contribution is -2.39. The van der Waals surface area contributed by atoms with Crippen LogP contribution in [0.5, 0.6) is 5.75 Å². The topological polar surface area (TPSA) is 95.5 Å². The van der Waals surface area contributed by atoms with Crippen molar-refractivity contribution in [1.29, 1.82) is 0 Å². The van der Waals surface area contributed by atoms with Crippen LogP contribution in [0.15, 0.2) is 24.3 Å². The normalized spacial score (nSPS) is 20.9. The summed E-state index contributed by atoms with van der Waals surface area (Å²) in [5.41, 5.74) is 0.715. The second-order valence-corrected chi connectivity index (χ2v) is 6.80. The molecule has 1 heterocycles. The highest BCUT2D eigenvalue weighted by Crippen LogP contribution is 2.13. The Balaban J connectivity index is 1.77. The van der Waals surface area contributed by atoms with Gasteiger partial charge in [0.1, 0.15) is 5.75 Å². The minimum atomic E-state index is -2.98. The highest BCUT2D eigenvalue weighted by Gasteiger charge is 2.28. The standard InChI is InChI=1S/C12H16N2O4S/c15-11-3-1-9(2-4-11)13-7-12(16)14-10-5-6-19(17,18)8-10/h1-4,10,13,15H,5-8H2,(H,14,16). The molecule has 0 bridgehead atoms. The van der Waals surface area contributed by atoms with Gasteiger partial charge in [0.25, 0.3) is 0 Å². The lowest BCUT2D eigenvalue weighted by Gasteiger charge is -2.11. The maximum Gasteiger partial charge on any atom is 0.239 e. The minimum absolute atomic E-state index is 0.0257. The largest absolute Gasteiger partial charge is 0.508 e. The molecule has 0 aliphatic carbocycles. The van der Waals surface area contributed by atoms with Crippen molar-refractivity contribution in [2.24, 2.45) is 0 Å². The quantitative estimate of drug-likeness (QED) is 0.682. The first-order valence-electron chi connectivity index (χ1n) is 5.97. The summed E-state index contributed by atoms with van der Waals surface area (Å²) in [4.78, 5) is 11.6. The van der Waals surface area contributed by atoms with E-state index in [2.05, 4.69) is 10.6 Å². The van der Waals surface area contributed by atoms with Crippen LogP contribution in [0.25, 0.3) is 0 Å². The third kappa shape index (κ3) is 4.13. The summed E-state index contributed by atoms with van der Waals surface area (Å²) in [5.74, 6) is 0.0858. The van der Waals surface area contributed by atoms with Crippen molar-refractivity contribution in [3.63, 3.8) is 0 Å². The van der Waals surface area contributed by atoms with Crippen molar-refractivity contribution >= 4 is 21.4 Å². The monoisotopic (exact) mass is 284 g/mol. The van der Waals surface area contributed by atoms with Crippen LogP contribution in [-0.4, -0.2) is 43.5 Å². The SMILES string of the molecule is O=C(CNc1ccc(O)cc1)NC1CCS(=O)(=O)C1. The third-order valence-electron chi connectivity index (χ3n) is 2.92. The number of carbonyl (C=O) groups excluding carboxylic acids is 1. The van der Waals surface area contributed by atoms with Crippen LogP contribution in [0, 0.1) is 0 Å². The zero-order valence-electron chi connectivity index (χ0n) is 10.3. The third-order valence-corrected chi connectivity index (χ3v) is 4.69. The number of rotatable bonds is 4. The Labute approximate surface area is 111 Å². The summed E-state index contributed by atoms with van der Waals surface area (Å²) >= 11 is 0. The fourth-order valence-electron chi connectivity index (χ4n) is 1.95. The van der Waals surface area contributed by atoms with E-state index in [9.17, 15) is 13.2 Å². The highest BCUT2D eigenvalue weighted by atomic mass is 32.2. The van der Waals surface area contributed by atoms with Crippen LogP contribution in [0.2, 0.25) is 0 Å². The number of phenols is 1. The predicted molar refractivity (Wildman–Crippen MR) is 71.8 cm³/mol. The van der Waals surface area contributed by atoms with Crippen molar-refractivity contribution < 1.29 is 18.3 Å². The van der Waals surface area contributed by atoms with E-state index in [-0.39, 0.29) is 35.7 Å². The second kappa shape index (κ2) is 5.48. The smallest absolute Gasteiger partial charge is 0.239 e. The van der Waals surface area contributed by atoms with Gasteiger partial charge < -0.3 is 15.7 Å². The van der Waals surface area contributed by atoms with Gasteiger partial charge in [-0.05, 0) is 30.7 Å². The van der Waals surface area contributed by atoms with Gasteiger partial charge in [-0.15, -0.1) is 0 Å². The maximum absolute atomic E-state index is 11.6. The first-order valence-corrected chi connectivity index (χ1v) is 7.79. The van der Waals surface area contributed by atoms with Gasteiger partial charge in [0, 0.05) is 11.7 Å². The molecule has 1 aliphatic rings. The molecule has 1 fully saturated rings. The van der Waals surface area contributed by atoms with E-state index in [1.54, 1.807) is 12.1 Å². The van der Waals surface area contributed by atoms with E-state index >= 15 is 0 Å². The Bertz CT molecular complexity index is 554. The molecule has 0 radical (unpaired) electrons. The number of anilines is 1. The number of aromatic hydroxyl groups is 1. The number of hydrogen-bond acceptors (Lipinski definition) is 5. The molecule has 104 valence electrons. The summed E-state index contributed by atoms with van der Waals surface area (Å²) in [6.07, 6.45) is 0.479. The number of phenolic OH excluding ortho intramolecular Hbond substituents is 1. The Morgan fingerprint density at radius 2 is 2.00 bits per heavy atom. The van der Waals surface area contributed by atoms with Crippen LogP contribution >= 0.6 is 0 Å². The minimum Gasteiger partial charge on any atom is -0.508 e. The Kier molecular flexibility index (Phi) is 3.94. The van der Waals surface area contributed by atoms with Crippen molar-refractivity contribution in [2.75, 3.05) is 23.4 Å². The molecule has 1 amide bonds. The molecule has 19 heavy (non-hydrogen) atoms. The molecular weight excluding hydrogens is 268 g/mol. The molecule has 7 heteroatoms. The summed E-state index contributed by atoms with van der Waals surface area (Å²) in [6.45, 7) is 0.0708. The van der Waals surface area contributed by atoms with E-state index < -0.39 is 9.84 Å². The molecule has 1 saturated heterocycles. The maximum atomic E-state index is 11.6. The summed E-state index contributed by atoms with van der Waals surface area (Å²) in [7, 11) is -2.98. The van der Waals surface area contributed by atoms with Gasteiger partial charge in [-0.3, -0.25) is 4.79 Å². The zero-order chi connectivity index (χ0) is 13.9. The first kappa shape index (κ1) is 13.7. The zero-order valence-corrected chi connectivity index (χ0v) is 11.1. The van der Waals surface area contributed by atoms with Gasteiger partial charge in [-0.25, -0.2) is 8.42 Å². The fourth-order valence-corrected chi connectivity index (χ4v) is 3.62. The van der Waals surface area contributed by atoms with Crippen LogP contribution in [0.3, 0.4) is 0 Å². The average Bonchev–Trinajstić information content (AvgIpc) is 2.68. The van der Waals surface area contributed by atoms with Crippen LogP contribution < -0.4 is 10.6 Å². The van der Waals surface area contributed by atoms with Crippen LogP contribution in [0.4, 0.5) is 5.69 Å². The number of hydrogen-bond donors (Lipinski definition) is 3. The number of carbonyl (C=O) groups is 1. The van der Waals surface area contributed by atoms with Crippen molar-refractivity contribution in [1.82, 2.24) is 5.32 Å². The van der Waals surface area contributed by atoms with Crippen molar-refractivity contribution in [3.8, 4) is 5.75 Å². The predicted octanol–water partition coefficient (Wildman–Crippen LogP) is 0.107. The summed E-state index contributed by atoms with van der Waals surface area (Å²) < 4.78 is 22.5. The number of amides is 1. The molecule has 2 rings (SSSR count). The van der Waals surface area contributed by atoms with E-state index in [1.807, 2.05) is 0 Å². The molecule has 6 nitrogen and oxygen atoms in total. The van der Waals surface area contributed by atoms with Gasteiger partial charge in [0.15, 0.2) is 9.84 Å². The van der Waals surface area contributed by atoms with E-state index in [0.717, 1.165) is 0 Å². The van der Waals surface area contributed by atoms with Gasteiger partial charge >= 0.3 is 0 Å². The molecule has 1 aliphatic heterocycles. The van der Waals surface area contributed by atoms with E-state index in [4.69, 9.17) is 5.11 Å². The first-order chi connectivity index (χ1) is 8.94. The average molecular weight is 284 g/mol. The molecule has 3 N–H and O–H groups in total. The second-order valence-electron chi connectivity index (χ2n) is 4.57. The molecule has 1 unspecified atom stereocenters. The summed E-state index contributed by atoms with van der Waals surface area (Å²) in [6, 6.07) is 6.07. The van der Waals surface area contributed by atoms with Gasteiger partial charge in [0.2, 0.25) is 5.91 Å². The van der Waals surface area contributed by atoms with Crippen LogP contribution in [-0.2, 0) is 14.6 Å². The van der Waals surface area contributed by atoms with Crippen molar-refractivity contribution in [3.05, 3.63) is 24.3 Å². The van der Waals surface area contributed by atoms with E-state index in [0.29, 0.717) is 12.1 Å². The molecule has 0 saturated carbocycles. The Morgan fingerprint density at radius 1 is 1.32 bits per heavy atom. The molecule has 1 aromatic carbocycles. The summed E-state index contributed by atoms with van der Waals surface area (Å²) in [5, 5.41) is 14.7. The lowest BCUT2D eigenvalue weighted by molar-refractivity contribution is -0.119. The molecular formula is C12H16N2O4S. The van der Waals surface area contributed by atoms with Gasteiger partial charge in [-0.2, -0.15) is 0 Å².